The topological polar surface area (TPSA) is 96.6 Å². The highest BCUT2D eigenvalue weighted by molar-refractivity contribution is 7.88. The maximum Gasteiger partial charge on any atom is 0.208 e. The van der Waals surface area contributed by atoms with E-state index in [1.165, 1.54) is 19.3 Å². The first kappa shape index (κ1) is 17.2. The Labute approximate surface area is 110 Å². The minimum absolute atomic E-state index is 0.395. The number of hydrogen-bond acceptors (Lipinski definition) is 3. The Morgan fingerprint density at radius 1 is 1.17 bits per heavy atom. The van der Waals surface area contributed by atoms with Crippen LogP contribution in [0.4, 0.5) is 0 Å². The Bertz CT molecular complexity index is 328. The van der Waals surface area contributed by atoms with E-state index < -0.39 is 10.0 Å². The fourth-order valence-corrected chi connectivity index (χ4v) is 1.88. The van der Waals surface area contributed by atoms with E-state index in [-0.39, 0.29) is 0 Å². The molecule has 0 heterocycles. The van der Waals surface area contributed by atoms with Crippen molar-refractivity contribution in [1.82, 2.24) is 10.0 Å². The number of unbranched alkanes of at least 4 members (excludes halogenated alkanes) is 3. The predicted octanol–water partition coefficient (Wildman–Crippen LogP) is 0.410. The van der Waals surface area contributed by atoms with Crippen LogP contribution in [-0.2, 0) is 10.0 Å². The second-order valence-corrected chi connectivity index (χ2v) is 6.11. The molecule has 0 atom stereocenters. The van der Waals surface area contributed by atoms with Gasteiger partial charge in [0.1, 0.15) is 0 Å². The lowest BCUT2D eigenvalue weighted by Gasteiger charge is -2.05. The fourth-order valence-electron chi connectivity index (χ4n) is 1.36. The molecule has 0 aliphatic carbocycles. The molecule has 0 aromatic heterocycles. The fraction of sp³-hybridized carbons (Fsp3) is 0.909. The van der Waals surface area contributed by atoms with Crippen LogP contribution in [0.5, 0.6) is 0 Å². The first-order valence-electron chi connectivity index (χ1n) is 6.44. The minimum atomic E-state index is -3.09. The molecular weight excluding hydrogens is 252 g/mol. The standard InChI is InChI=1S/C11H26N4O2S/c1-3-4-5-6-8-13-11(12)14-9-7-10-15-18(2,16)17/h15H,3-10H2,1-2H3,(H3,12,13,14). The van der Waals surface area contributed by atoms with Gasteiger partial charge in [-0.2, -0.15) is 0 Å². The Morgan fingerprint density at radius 3 is 2.50 bits per heavy atom. The molecule has 0 aromatic rings. The van der Waals surface area contributed by atoms with Crippen molar-refractivity contribution in [3.63, 3.8) is 0 Å². The van der Waals surface area contributed by atoms with Crippen LogP contribution in [0.2, 0.25) is 0 Å². The number of hydrogen-bond donors (Lipinski definition) is 3. The number of sulfonamides is 1. The van der Waals surface area contributed by atoms with E-state index in [0.717, 1.165) is 19.2 Å². The van der Waals surface area contributed by atoms with Gasteiger partial charge < -0.3 is 11.1 Å². The highest BCUT2D eigenvalue weighted by Crippen LogP contribution is 1.96. The number of guanidine groups is 1. The van der Waals surface area contributed by atoms with Crippen molar-refractivity contribution in [2.45, 2.75) is 39.0 Å². The van der Waals surface area contributed by atoms with Crippen molar-refractivity contribution in [1.29, 1.82) is 0 Å². The first-order chi connectivity index (χ1) is 8.45. The summed E-state index contributed by atoms with van der Waals surface area (Å²) in [6.45, 7) is 3.94. The zero-order valence-corrected chi connectivity index (χ0v) is 12.2. The van der Waals surface area contributed by atoms with Gasteiger partial charge in [0.15, 0.2) is 5.96 Å². The van der Waals surface area contributed by atoms with Crippen molar-refractivity contribution >= 4 is 16.0 Å². The summed E-state index contributed by atoms with van der Waals surface area (Å²) >= 11 is 0. The van der Waals surface area contributed by atoms with Gasteiger partial charge in [0.25, 0.3) is 0 Å². The molecule has 0 bridgehead atoms. The van der Waals surface area contributed by atoms with Gasteiger partial charge in [-0.3, -0.25) is 4.99 Å². The molecular formula is C11H26N4O2S. The third-order valence-electron chi connectivity index (χ3n) is 2.32. The molecule has 0 aliphatic heterocycles. The molecule has 0 amide bonds. The summed E-state index contributed by atoms with van der Waals surface area (Å²) < 4.78 is 23.9. The average molecular weight is 278 g/mol. The molecule has 0 saturated heterocycles. The molecule has 4 N–H and O–H groups in total. The molecule has 0 unspecified atom stereocenters. The maximum absolute atomic E-state index is 10.8. The van der Waals surface area contributed by atoms with Crippen LogP contribution in [0.15, 0.2) is 4.99 Å². The molecule has 6 nitrogen and oxygen atoms in total. The van der Waals surface area contributed by atoms with Gasteiger partial charge in [-0.25, -0.2) is 13.1 Å². The molecule has 18 heavy (non-hydrogen) atoms. The lowest BCUT2D eigenvalue weighted by molar-refractivity contribution is 0.585. The maximum atomic E-state index is 10.8. The van der Waals surface area contributed by atoms with Crippen molar-refractivity contribution in [2.24, 2.45) is 10.7 Å². The van der Waals surface area contributed by atoms with Gasteiger partial charge in [-0.05, 0) is 12.8 Å². The molecule has 0 rings (SSSR count). The zero-order valence-electron chi connectivity index (χ0n) is 11.4. The number of rotatable bonds is 10. The van der Waals surface area contributed by atoms with Crippen molar-refractivity contribution < 1.29 is 8.42 Å². The number of nitrogens with one attached hydrogen (secondary N) is 2. The van der Waals surface area contributed by atoms with Crippen LogP contribution in [0, 0.1) is 0 Å². The summed E-state index contributed by atoms with van der Waals surface area (Å²) in [4.78, 5) is 4.11. The van der Waals surface area contributed by atoms with Gasteiger partial charge in [-0.1, -0.05) is 26.2 Å². The van der Waals surface area contributed by atoms with E-state index in [0.29, 0.717) is 25.5 Å². The average Bonchev–Trinajstić information content (AvgIpc) is 2.27. The second kappa shape index (κ2) is 10.1. The second-order valence-electron chi connectivity index (χ2n) is 4.27. The van der Waals surface area contributed by atoms with Crippen LogP contribution in [0.3, 0.4) is 0 Å². The summed E-state index contributed by atoms with van der Waals surface area (Å²) in [6, 6.07) is 0. The van der Waals surface area contributed by atoms with E-state index >= 15 is 0 Å². The Balaban J connectivity index is 3.47. The third kappa shape index (κ3) is 13.2. The van der Waals surface area contributed by atoms with Crippen LogP contribution in [-0.4, -0.2) is 40.3 Å². The van der Waals surface area contributed by atoms with E-state index in [1.807, 2.05) is 0 Å². The summed E-state index contributed by atoms with van der Waals surface area (Å²) in [5, 5.41) is 3.04. The summed E-state index contributed by atoms with van der Waals surface area (Å²) in [5.41, 5.74) is 5.66. The van der Waals surface area contributed by atoms with Gasteiger partial charge >= 0.3 is 0 Å². The molecule has 0 aliphatic rings. The van der Waals surface area contributed by atoms with Gasteiger partial charge in [0.2, 0.25) is 10.0 Å². The molecule has 0 fully saturated rings. The summed E-state index contributed by atoms with van der Waals surface area (Å²) in [6.07, 6.45) is 6.55. The SMILES string of the molecule is CCCCCCNC(N)=NCCCNS(C)(=O)=O. The molecule has 0 spiro atoms. The molecule has 7 heteroatoms. The normalized spacial score (nSPS) is 12.7. The van der Waals surface area contributed by atoms with Crippen LogP contribution < -0.4 is 15.8 Å². The van der Waals surface area contributed by atoms with Gasteiger partial charge in [0.05, 0.1) is 6.26 Å². The molecule has 0 radical (unpaired) electrons. The number of nitrogens with zero attached hydrogens (tertiary/aromatic N) is 1. The number of aliphatic imine (C=N–C) groups is 1. The highest BCUT2D eigenvalue weighted by atomic mass is 32.2. The van der Waals surface area contributed by atoms with Gasteiger partial charge in [0, 0.05) is 19.6 Å². The monoisotopic (exact) mass is 278 g/mol. The Hall–Kier alpha value is -0.820. The van der Waals surface area contributed by atoms with E-state index in [4.69, 9.17) is 5.73 Å². The van der Waals surface area contributed by atoms with Crippen LogP contribution in [0.1, 0.15) is 39.0 Å². The Kier molecular flexibility index (Phi) is 9.67. The van der Waals surface area contributed by atoms with Gasteiger partial charge in [-0.15, -0.1) is 0 Å². The smallest absolute Gasteiger partial charge is 0.208 e. The first-order valence-corrected chi connectivity index (χ1v) is 8.33. The van der Waals surface area contributed by atoms with E-state index in [9.17, 15) is 8.42 Å². The highest BCUT2D eigenvalue weighted by Gasteiger charge is 1.98. The largest absolute Gasteiger partial charge is 0.370 e. The quantitative estimate of drug-likeness (QED) is 0.306. The molecule has 0 saturated carbocycles. The molecule has 108 valence electrons. The summed E-state index contributed by atoms with van der Waals surface area (Å²) in [7, 11) is -3.09. The van der Waals surface area contributed by atoms with Crippen molar-refractivity contribution in [3.05, 3.63) is 0 Å². The lowest BCUT2D eigenvalue weighted by atomic mass is 10.2. The van der Waals surface area contributed by atoms with Crippen molar-refractivity contribution in [3.8, 4) is 0 Å². The molecule has 0 aromatic carbocycles. The Morgan fingerprint density at radius 2 is 1.89 bits per heavy atom. The van der Waals surface area contributed by atoms with E-state index in [1.54, 1.807) is 0 Å². The third-order valence-corrected chi connectivity index (χ3v) is 3.05. The lowest BCUT2D eigenvalue weighted by Crippen LogP contribution is -2.32. The van der Waals surface area contributed by atoms with E-state index in [2.05, 4.69) is 22.0 Å². The van der Waals surface area contributed by atoms with Crippen LogP contribution in [0.25, 0.3) is 0 Å². The van der Waals surface area contributed by atoms with Crippen LogP contribution >= 0.6 is 0 Å². The minimum Gasteiger partial charge on any atom is -0.370 e. The zero-order chi connectivity index (χ0) is 13.9. The number of nitrogens with two attached hydrogens (primary N) is 1. The van der Waals surface area contributed by atoms with Crippen molar-refractivity contribution in [2.75, 3.05) is 25.9 Å². The predicted molar refractivity (Wildman–Crippen MR) is 76.1 cm³/mol. The summed E-state index contributed by atoms with van der Waals surface area (Å²) in [5.74, 6) is 0.436.